The Kier molecular flexibility index (Phi) is 6.95. The van der Waals surface area contributed by atoms with Crippen LogP contribution in [0.5, 0.6) is 5.75 Å². The molecule has 32 heavy (non-hydrogen) atoms. The molecular weight excluding hydrogens is 440 g/mol. The Balaban J connectivity index is 1.49. The van der Waals surface area contributed by atoms with E-state index >= 15 is 0 Å². The Morgan fingerprint density at radius 3 is 2.56 bits per heavy atom. The third-order valence-corrected chi connectivity index (χ3v) is 6.86. The van der Waals surface area contributed by atoms with Crippen LogP contribution in [0.1, 0.15) is 23.1 Å². The fraction of sp³-hybridized carbons (Fsp3) is 0.160. The Morgan fingerprint density at radius 1 is 1.06 bits per heavy atom. The van der Waals surface area contributed by atoms with E-state index in [1.807, 2.05) is 30.3 Å². The van der Waals surface area contributed by atoms with Gasteiger partial charge in [-0.15, -0.1) is 11.3 Å². The lowest BCUT2D eigenvalue weighted by Gasteiger charge is -2.10. The first-order chi connectivity index (χ1) is 15.6. The number of hydrogen-bond acceptors (Lipinski definition) is 5. The predicted octanol–water partition coefficient (Wildman–Crippen LogP) is 5.78. The van der Waals surface area contributed by atoms with Crippen LogP contribution in [0.25, 0.3) is 21.2 Å². The first kappa shape index (κ1) is 22.1. The van der Waals surface area contributed by atoms with Crippen LogP contribution in [0.2, 0.25) is 5.02 Å². The second-order valence-electron chi connectivity index (χ2n) is 7.57. The number of nitrogens with one attached hydrogen (secondary N) is 1. The summed E-state index contributed by atoms with van der Waals surface area (Å²) in [7, 11) is 0. The van der Waals surface area contributed by atoms with Crippen molar-refractivity contribution in [3.8, 4) is 16.9 Å². The third-order valence-electron chi connectivity index (χ3n) is 5.43. The summed E-state index contributed by atoms with van der Waals surface area (Å²) in [5.74, 6) is 12.0. The molecule has 1 heterocycles. The van der Waals surface area contributed by atoms with E-state index in [2.05, 4.69) is 53.2 Å². The Morgan fingerprint density at radius 2 is 1.84 bits per heavy atom. The summed E-state index contributed by atoms with van der Waals surface area (Å²) in [6.07, 6.45) is 1.43. The van der Waals surface area contributed by atoms with Crippen molar-refractivity contribution in [2.24, 2.45) is 16.8 Å². The second-order valence-corrected chi connectivity index (χ2v) is 8.86. The minimum atomic E-state index is 0.444. The first-order valence-corrected chi connectivity index (χ1v) is 11.6. The number of benzene rings is 3. The molecule has 0 spiro atoms. The van der Waals surface area contributed by atoms with Gasteiger partial charge in [0.05, 0.1) is 9.72 Å². The monoisotopic (exact) mass is 464 g/mol. The molecule has 7 heteroatoms. The molecule has 0 unspecified atom stereocenters. The number of hydrazone groups is 1. The average molecular weight is 465 g/mol. The van der Waals surface area contributed by atoms with Crippen molar-refractivity contribution in [3.63, 3.8) is 0 Å². The normalized spacial score (nSPS) is 11.7. The van der Waals surface area contributed by atoms with E-state index in [0.717, 1.165) is 38.4 Å². The van der Waals surface area contributed by atoms with Gasteiger partial charge in [0.25, 0.3) is 0 Å². The van der Waals surface area contributed by atoms with Crippen molar-refractivity contribution in [1.82, 2.24) is 5.43 Å². The van der Waals surface area contributed by atoms with Crippen molar-refractivity contribution in [2.75, 3.05) is 0 Å². The fourth-order valence-electron chi connectivity index (χ4n) is 3.67. The van der Waals surface area contributed by atoms with Gasteiger partial charge in [-0.05, 0) is 65.2 Å². The molecule has 4 aromatic rings. The number of aryl methyl sites for hydroxylation is 2. The van der Waals surface area contributed by atoms with E-state index in [0.29, 0.717) is 18.9 Å². The lowest BCUT2D eigenvalue weighted by atomic mass is 9.99. The molecule has 0 fully saturated rings. The summed E-state index contributed by atoms with van der Waals surface area (Å²) in [5.41, 5.74) is 8.38. The Labute approximate surface area is 196 Å². The maximum absolute atomic E-state index is 6.61. The number of nitrogens with zero attached hydrogens (tertiary/aromatic N) is 1. The van der Waals surface area contributed by atoms with Gasteiger partial charge in [0.2, 0.25) is 0 Å². The molecule has 0 saturated heterocycles. The highest BCUT2D eigenvalue weighted by atomic mass is 35.5. The number of thiophene rings is 1. The van der Waals surface area contributed by atoms with E-state index in [-0.39, 0.29) is 0 Å². The van der Waals surface area contributed by atoms with Gasteiger partial charge in [-0.2, -0.15) is 5.10 Å². The molecule has 164 valence electrons. The molecule has 0 aliphatic rings. The molecule has 1 aromatic heterocycles. The molecule has 5 N–H and O–H groups in total. The Hall–Kier alpha value is -3.06. The smallest absolute Gasteiger partial charge is 0.136 e. The third kappa shape index (κ3) is 4.88. The number of hydrogen-bond donors (Lipinski definition) is 3. The molecule has 0 radical (unpaired) electrons. The molecule has 4 rings (SSSR count). The van der Waals surface area contributed by atoms with Crippen LogP contribution in [-0.4, -0.2) is 5.84 Å². The molecule has 0 bridgehead atoms. The minimum absolute atomic E-state index is 0.444. The van der Waals surface area contributed by atoms with Crippen molar-refractivity contribution in [2.45, 2.75) is 26.4 Å². The van der Waals surface area contributed by atoms with Crippen LogP contribution in [0.4, 0.5) is 0 Å². The van der Waals surface area contributed by atoms with Gasteiger partial charge >= 0.3 is 0 Å². The molecular formula is C25H25ClN4OS. The highest BCUT2D eigenvalue weighted by Crippen LogP contribution is 2.39. The summed E-state index contributed by atoms with van der Waals surface area (Å²) in [4.78, 5) is 0. The zero-order valence-electron chi connectivity index (χ0n) is 17.8. The number of ether oxygens (including phenoxy) is 1. The zero-order chi connectivity index (χ0) is 22.5. The summed E-state index contributed by atoms with van der Waals surface area (Å²) in [6, 6.07) is 20.6. The maximum Gasteiger partial charge on any atom is 0.136 e. The fourth-order valence-corrected chi connectivity index (χ4v) is 5.01. The molecule has 0 saturated carbocycles. The van der Waals surface area contributed by atoms with E-state index in [1.165, 1.54) is 16.7 Å². The predicted molar refractivity (Wildman–Crippen MR) is 135 cm³/mol. The van der Waals surface area contributed by atoms with Crippen LogP contribution in [0.3, 0.4) is 0 Å². The average Bonchev–Trinajstić information content (AvgIpc) is 3.24. The SMILES string of the molecule is Cc1ccccc1-c1csc2c(Cl)cc(COc3ccc(CCC(=NN)NN)cc3)cc12. The lowest BCUT2D eigenvalue weighted by Crippen LogP contribution is -2.31. The lowest BCUT2D eigenvalue weighted by molar-refractivity contribution is 0.306. The largest absolute Gasteiger partial charge is 0.489 e. The number of hydrazine groups is 1. The van der Waals surface area contributed by atoms with Gasteiger partial charge < -0.3 is 16.0 Å². The van der Waals surface area contributed by atoms with Crippen LogP contribution < -0.4 is 21.8 Å². The summed E-state index contributed by atoms with van der Waals surface area (Å²) in [5, 5.41) is 7.71. The molecule has 0 aliphatic heterocycles. The van der Waals surface area contributed by atoms with Gasteiger partial charge in [0.15, 0.2) is 0 Å². The number of fused-ring (bicyclic) bond motifs is 1. The molecule has 5 nitrogen and oxygen atoms in total. The van der Waals surface area contributed by atoms with Crippen molar-refractivity contribution >= 4 is 38.9 Å². The van der Waals surface area contributed by atoms with Gasteiger partial charge in [-0.1, -0.05) is 48.0 Å². The van der Waals surface area contributed by atoms with Crippen LogP contribution >= 0.6 is 22.9 Å². The van der Waals surface area contributed by atoms with Gasteiger partial charge in [0.1, 0.15) is 18.2 Å². The molecule has 3 aromatic carbocycles. The minimum Gasteiger partial charge on any atom is -0.489 e. The van der Waals surface area contributed by atoms with Gasteiger partial charge in [0, 0.05) is 17.4 Å². The number of nitrogens with two attached hydrogens (primary N) is 2. The van der Waals surface area contributed by atoms with Crippen LogP contribution in [0.15, 0.2) is 71.1 Å². The van der Waals surface area contributed by atoms with Crippen molar-refractivity contribution in [3.05, 3.63) is 87.8 Å². The zero-order valence-corrected chi connectivity index (χ0v) is 19.3. The molecule has 0 atom stereocenters. The van der Waals surface area contributed by atoms with E-state index in [4.69, 9.17) is 28.0 Å². The summed E-state index contributed by atoms with van der Waals surface area (Å²) in [6.45, 7) is 2.58. The summed E-state index contributed by atoms with van der Waals surface area (Å²) < 4.78 is 7.14. The van der Waals surface area contributed by atoms with Crippen LogP contribution in [0, 0.1) is 6.92 Å². The quantitative estimate of drug-likeness (QED) is 0.140. The highest BCUT2D eigenvalue weighted by molar-refractivity contribution is 7.18. The van der Waals surface area contributed by atoms with Crippen molar-refractivity contribution < 1.29 is 4.74 Å². The van der Waals surface area contributed by atoms with E-state index in [1.54, 1.807) is 11.3 Å². The summed E-state index contributed by atoms with van der Waals surface area (Å²) >= 11 is 8.29. The number of halogens is 1. The van der Waals surface area contributed by atoms with Gasteiger partial charge in [-0.25, -0.2) is 5.84 Å². The standard InChI is InChI=1S/C25H25ClN4OS/c1-16-4-2-3-5-20(16)22-15-32-25-21(22)12-18(13-23(25)26)14-31-19-9-6-17(7-10-19)8-11-24(29-27)30-28/h2-7,9-10,12-13,15H,8,11,14,27-28H2,1H3,(H,29,30). The number of amidine groups is 1. The molecule has 0 amide bonds. The molecule has 0 aliphatic carbocycles. The van der Waals surface area contributed by atoms with E-state index < -0.39 is 0 Å². The highest BCUT2D eigenvalue weighted by Gasteiger charge is 2.12. The van der Waals surface area contributed by atoms with Crippen molar-refractivity contribution in [1.29, 1.82) is 0 Å². The van der Waals surface area contributed by atoms with Gasteiger partial charge in [-0.3, -0.25) is 0 Å². The number of rotatable bonds is 7. The second kappa shape index (κ2) is 10.0. The first-order valence-electron chi connectivity index (χ1n) is 10.3. The maximum atomic E-state index is 6.61. The topological polar surface area (TPSA) is 85.7 Å². The Bertz CT molecular complexity index is 1250. The van der Waals surface area contributed by atoms with Crippen LogP contribution in [-0.2, 0) is 13.0 Å². The van der Waals surface area contributed by atoms with E-state index in [9.17, 15) is 0 Å².